The highest BCUT2D eigenvalue weighted by atomic mass is 32.2. The molecule has 6 nitrogen and oxygen atoms in total. The quantitative estimate of drug-likeness (QED) is 0.770. The average molecular weight is 395 g/mol. The van der Waals surface area contributed by atoms with E-state index in [-0.39, 0.29) is 35.6 Å². The number of nitrogens with zero attached hydrogens (tertiary/aromatic N) is 1. The van der Waals surface area contributed by atoms with Crippen LogP contribution in [0, 0.1) is 11.8 Å². The van der Waals surface area contributed by atoms with Crippen molar-refractivity contribution in [2.45, 2.75) is 58.6 Å². The van der Waals surface area contributed by atoms with Gasteiger partial charge in [-0.1, -0.05) is 6.92 Å². The van der Waals surface area contributed by atoms with Crippen LogP contribution in [0.1, 0.15) is 46.5 Å². The molecule has 3 atom stereocenters. The fourth-order valence-electron chi connectivity index (χ4n) is 4.24. The molecule has 3 aliphatic rings. The zero-order chi connectivity index (χ0) is 19.6. The van der Waals surface area contributed by atoms with Crippen molar-refractivity contribution >= 4 is 21.6 Å². The van der Waals surface area contributed by atoms with E-state index >= 15 is 0 Å². The van der Waals surface area contributed by atoms with Crippen LogP contribution < -0.4 is 10.1 Å². The first-order valence-corrected chi connectivity index (χ1v) is 11.5. The maximum Gasteiger partial charge on any atom is 0.229 e. The molecular formula is C20H30N2O4S. The number of benzene rings is 1. The minimum atomic E-state index is -3.28. The van der Waals surface area contributed by atoms with Gasteiger partial charge in [-0.05, 0) is 69.7 Å². The second-order valence-corrected chi connectivity index (χ2v) is 9.96. The first kappa shape index (κ1) is 20.1. The number of ether oxygens (including phenoxy) is 1. The Bertz CT molecular complexity index is 761. The molecule has 0 spiro atoms. The van der Waals surface area contributed by atoms with Gasteiger partial charge < -0.3 is 10.1 Å². The molecule has 27 heavy (non-hydrogen) atoms. The molecular weight excluding hydrogens is 364 g/mol. The highest BCUT2D eigenvalue weighted by molar-refractivity contribution is 7.89. The van der Waals surface area contributed by atoms with Crippen LogP contribution in [0.25, 0.3) is 0 Å². The number of carbonyl (C=O) groups excluding carboxylic acids is 1. The number of anilines is 1. The van der Waals surface area contributed by atoms with E-state index in [2.05, 4.69) is 5.32 Å². The number of fused-ring (bicyclic) bond motifs is 3. The fourth-order valence-corrected chi connectivity index (χ4v) is 6.10. The van der Waals surface area contributed by atoms with Gasteiger partial charge >= 0.3 is 0 Å². The van der Waals surface area contributed by atoms with Crippen LogP contribution in [0.4, 0.5) is 5.69 Å². The van der Waals surface area contributed by atoms with Gasteiger partial charge in [-0.2, -0.15) is 4.31 Å². The minimum Gasteiger partial charge on any atom is -0.491 e. The molecule has 2 saturated heterocycles. The molecule has 1 N–H and O–H groups in total. The van der Waals surface area contributed by atoms with Crippen LogP contribution in [0.3, 0.4) is 0 Å². The first-order valence-electron chi connectivity index (χ1n) is 9.87. The van der Waals surface area contributed by atoms with Gasteiger partial charge in [0.1, 0.15) is 5.75 Å². The number of nitrogens with one attached hydrogen (secondary N) is 1. The van der Waals surface area contributed by atoms with Crippen molar-refractivity contribution in [3.63, 3.8) is 0 Å². The van der Waals surface area contributed by atoms with Crippen molar-refractivity contribution in [3.05, 3.63) is 24.3 Å². The third-order valence-electron chi connectivity index (χ3n) is 5.38. The largest absolute Gasteiger partial charge is 0.491 e. The Labute approximate surface area is 162 Å². The van der Waals surface area contributed by atoms with Crippen molar-refractivity contribution in [1.29, 1.82) is 0 Å². The molecule has 7 heteroatoms. The SMILES string of the molecule is CCCS(=O)(=O)N1C[C@H]2CC[C@H]1[C@H](C(=O)Nc1ccc(OC(C)C)cc1)C2. The number of piperidine rings is 2. The fraction of sp³-hybridized carbons (Fsp3) is 0.650. The lowest BCUT2D eigenvalue weighted by Crippen LogP contribution is -2.58. The molecule has 2 heterocycles. The zero-order valence-electron chi connectivity index (χ0n) is 16.3. The van der Waals surface area contributed by atoms with Crippen molar-refractivity contribution in [3.8, 4) is 5.75 Å². The number of hydrogen-bond donors (Lipinski definition) is 1. The molecule has 4 rings (SSSR count). The van der Waals surface area contributed by atoms with Gasteiger partial charge in [0.05, 0.1) is 17.8 Å². The summed E-state index contributed by atoms with van der Waals surface area (Å²) in [5.74, 6) is 0.826. The Morgan fingerprint density at radius 1 is 1.26 bits per heavy atom. The molecule has 0 aromatic heterocycles. The third kappa shape index (κ3) is 4.63. The Kier molecular flexibility index (Phi) is 6.11. The third-order valence-corrected chi connectivity index (χ3v) is 7.44. The summed E-state index contributed by atoms with van der Waals surface area (Å²) in [7, 11) is -3.28. The van der Waals surface area contributed by atoms with Gasteiger partial charge in [-0.15, -0.1) is 0 Å². The van der Waals surface area contributed by atoms with Crippen molar-refractivity contribution in [2.75, 3.05) is 17.6 Å². The summed E-state index contributed by atoms with van der Waals surface area (Å²) in [6, 6.07) is 7.10. The predicted octanol–water partition coefficient (Wildman–Crippen LogP) is 3.25. The Balaban J connectivity index is 1.69. The smallest absolute Gasteiger partial charge is 0.229 e. The maximum atomic E-state index is 12.9. The number of carbonyl (C=O) groups is 1. The van der Waals surface area contributed by atoms with Crippen LogP contribution in [0.15, 0.2) is 24.3 Å². The molecule has 2 bridgehead atoms. The Morgan fingerprint density at radius 2 is 1.96 bits per heavy atom. The van der Waals surface area contributed by atoms with E-state index in [0.29, 0.717) is 18.7 Å². The van der Waals surface area contributed by atoms with E-state index in [1.807, 2.05) is 45.0 Å². The van der Waals surface area contributed by atoms with Gasteiger partial charge in [0.15, 0.2) is 0 Å². The van der Waals surface area contributed by atoms with E-state index in [0.717, 1.165) is 25.0 Å². The minimum absolute atomic E-state index is 0.0846. The summed E-state index contributed by atoms with van der Waals surface area (Å²) in [5.41, 5.74) is 0.709. The van der Waals surface area contributed by atoms with Crippen molar-refractivity contribution < 1.29 is 17.9 Å². The maximum absolute atomic E-state index is 12.9. The standard InChI is InChI=1S/C20H30N2O4S/c1-4-11-27(24,25)22-13-15-5-10-19(22)18(12-15)20(23)21-16-6-8-17(9-7-16)26-14(2)3/h6-9,14-15,18-19H,4-5,10-13H2,1-3H3,(H,21,23)/t15-,18+,19-/m0/s1. The summed E-state index contributed by atoms with van der Waals surface area (Å²) in [5, 5.41) is 2.97. The van der Waals surface area contributed by atoms with E-state index < -0.39 is 10.0 Å². The Hall–Kier alpha value is -1.60. The monoisotopic (exact) mass is 394 g/mol. The lowest BCUT2D eigenvalue weighted by molar-refractivity contribution is -0.125. The van der Waals surface area contributed by atoms with Gasteiger partial charge in [-0.25, -0.2) is 8.42 Å². The van der Waals surface area contributed by atoms with Gasteiger partial charge in [0, 0.05) is 18.3 Å². The van der Waals surface area contributed by atoms with Crippen LogP contribution in [-0.2, 0) is 14.8 Å². The topological polar surface area (TPSA) is 75.7 Å². The zero-order valence-corrected chi connectivity index (χ0v) is 17.2. The summed E-state index contributed by atoms with van der Waals surface area (Å²) in [4.78, 5) is 12.9. The highest BCUT2D eigenvalue weighted by Crippen LogP contribution is 2.41. The lowest BCUT2D eigenvalue weighted by Gasteiger charge is -2.48. The molecule has 1 aliphatic carbocycles. The number of hydrogen-bond acceptors (Lipinski definition) is 4. The van der Waals surface area contributed by atoms with Crippen molar-refractivity contribution in [2.24, 2.45) is 11.8 Å². The summed E-state index contributed by atoms with van der Waals surface area (Å²) in [6.45, 7) is 6.37. The van der Waals surface area contributed by atoms with E-state index in [9.17, 15) is 13.2 Å². The number of sulfonamides is 1. The van der Waals surface area contributed by atoms with Crippen LogP contribution >= 0.6 is 0 Å². The Morgan fingerprint density at radius 3 is 2.56 bits per heavy atom. The summed E-state index contributed by atoms with van der Waals surface area (Å²) >= 11 is 0. The molecule has 1 saturated carbocycles. The molecule has 150 valence electrons. The van der Waals surface area contributed by atoms with Crippen molar-refractivity contribution in [1.82, 2.24) is 4.31 Å². The van der Waals surface area contributed by atoms with Gasteiger partial charge in [0.2, 0.25) is 15.9 Å². The number of amides is 1. The van der Waals surface area contributed by atoms with Crippen LogP contribution in [-0.4, -0.2) is 43.1 Å². The summed E-state index contributed by atoms with van der Waals surface area (Å²) < 4.78 is 32.4. The normalized spacial score (nSPS) is 25.6. The molecule has 1 aromatic rings. The molecule has 2 aliphatic heterocycles. The van der Waals surface area contributed by atoms with E-state index in [4.69, 9.17) is 4.74 Å². The van der Waals surface area contributed by atoms with E-state index in [1.165, 1.54) is 0 Å². The molecule has 1 amide bonds. The lowest BCUT2D eigenvalue weighted by atomic mass is 9.73. The molecule has 0 unspecified atom stereocenters. The van der Waals surface area contributed by atoms with E-state index in [1.54, 1.807) is 4.31 Å². The van der Waals surface area contributed by atoms with Crippen LogP contribution in [0.2, 0.25) is 0 Å². The summed E-state index contributed by atoms with van der Waals surface area (Å²) in [6.07, 6.45) is 3.24. The molecule has 1 aromatic carbocycles. The average Bonchev–Trinajstić information content (AvgIpc) is 2.63. The van der Waals surface area contributed by atoms with Crippen LogP contribution in [0.5, 0.6) is 5.75 Å². The first-order chi connectivity index (χ1) is 12.8. The van der Waals surface area contributed by atoms with Gasteiger partial charge in [-0.3, -0.25) is 4.79 Å². The second-order valence-electron chi connectivity index (χ2n) is 7.92. The molecule has 0 radical (unpaired) electrons. The van der Waals surface area contributed by atoms with Gasteiger partial charge in [0.25, 0.3) is 0 Å². The predicted molar refractivity (Wildman–Crippen MR) is 106 cm³/mol. The number of rotatable bonds is 7. The highest BCUT2D eigenvalue weighted by Gasteiger charge is 2.47. The second kappa shape index (κ2) is 8.19. The molecule has 3 fully saturated rings.